The van der Waals surface area contributed by atoms with E-state index in [0.717, 1.165) is 69.1 Å². The molecular formula is C21H26Cl2N4. The van der Waals surface area contributed by atoms with Crippen molar-refractivity contribution in [2.75, 3.05) is 68.8 Å². The highest BCUT2D eigenvalue weighted by atomic mass is 35.5. The maximum atomic E-state index is 6.13. The van der Waals surface area contributed by atoms with Gasteiger partial charge in [0, 0.05) is 73.8 Å². The van der Waals surface area contributed by atoms with Crippen molar-refractivity contribution in [3.05, 3.63) is 58.6 Å². The average molecular weight is 405 g/mol. The van der Waals surface area contributed by atoms with E-state index in [1.807, 2.05) is 24.3 Å². The summed E-state index contributed by atoms with van der Waals surface area (Å²) in [5, 5.41) is 1.63. The highest BCUT2D eigenvalue weighted by Crippen LogP contribution is 2.22. The second-order valence-corrected chi connectivity index (χ2v) is 8.18. The second-order valence-electron chi connectivity index (χ2n) is 7.31. The van der Waals surface area contributed by atoms with Gasteiger partial charge in [0.05, 0.1) is 6.67 Å². The topological polar surface area (TPSA) is 13.0 Å². The Labute approximate surface area is 171 Å². The molecule has 0 bridgehead atoms. The first-order chi connectivity index (χ1) is 13.2. The summed E-state index contributed by atoms with van der Waals surface area (Å²) in [7, 11) is 0. The molecule has 0 radical (unpaired) electrons. The summed E-state index contributed by atoms with van der Waals surface area (Å²) in [4.78, 5) is 9.99. The molecule has 144 valence electrons. The highest BCUT2D eigenvalue weighted by Gasteiger charge is 2.22. The van der Waals surface area contributed by atoms with Gasteiger partial charge in [0.1, 0.15) is 0 Å². The van der Waals surface area contributed by atoms with Gasteiger partial charge in [-0.1, -0.05) is 35.3 Å². The van der Waals surface area contributed by atoms with Crippen LogP contribution in [0.25, 0.3) is 0 Å². The standard InChI is InChI=1S/C21H26Cl2N4/c22-18-3-1-5-20(15-18)26-11-7-24(8-12-26)17-25-9-13-27(14-10-25)21-6-2-4-19(23)16-21/h1-6,15-16H,7-14,17H2. The third-order valence-corrected chi connectivity index (χ3v) is 5.96. The fourth-order valence-corrected chi connectivity index (χ4v) is 4.29. The molecule has 6 heteroatoms. The number of piperazine rings is 2. The van der Waals surface area contributed by atoms with Crippen molar-refractivity contribution >= 4 is 34.6 Å². The molecule has 2 aromatic carbocycles. The molecule has 4 rings (SSSR count). The van der Waals surface area contributed by atoms with Gasteiger partial charge in [0.2, 0.25) is 0 Å². The summed E-state index contributed by atoms with van der Waals surface area (Å²) in [5.74, 6) is 0. The van der Waals surface area contributed by atoms with E-state index in [1.54, 1.807) is 0 Å². The molecule has 2 aliphatic rings. The minimum Gasteiger partial charge on any atom is -0.369 e. The molecule has 0 aliphatic carbocycles. The Bertz CT molecular complexity index is 690. The molecule has 0 saturated carbocycles. The molecule has 2 saturated heterocycles. The molecule has 2 aromatic rings. The van der Waals surface area contributed by atoms with E-state index >= 15 is 0 Å². The van der Waals surface area contributed by atoms with E-state index in [-0.39, 0.29) is 0 Å². The van der Waals surface area contributed by atoms with Gasteiger partial charge in [0.25, 0.3) is 0 Å². The van der Waals surface area contributed by atoms with Crippen LogP contribution in [0.4, 0.5) is 11.4 Å². The number of benzene rings is 2. The van der Waals surface area contributed by atoms with Gasteiger partial charge >= 0.3 is 0 Å². The molecule has 4 nitrogen and oxygen atoms in total. The van der Waals surface area contributed by atoms with E-state index < -0.39 is 0 Å². The van der Waals surface area contributed by atoms with Crippen LogP contribution in [0.2, 0.25) is 10.0 Å². The van der Waals surface area contributed by atoms with Crippen LogP contribution >= 0.6 is 23.2 Å². The van der Waals surface area contributed by atoms with Crippen molar-refractivity contribution in [3.63, 3.8) is 0 Å². The molecule has 0 spiro atoms. The number of hydrogen-bond donors (Lipinski definition) is 0. The first kappa shape index (κ1) is 18.9. The van der Waals surface area contributed by atoms with Crippen LogP contribution in [0.3, 0.4) is 0 Å². The quantitative estimate of drug-likeness (QED) is 0.765. The number of rotatable bonds is 4. The van der Waals surface area contributed by atoms with E-state index in [0.29, 0.717) is 0 Å². The lowest BCUT2D eigenvalue weighted by atomic mass is 10.2. The molecular weight excluding hydrogens is 379 g/mol. The summed E-state index contributed by atoms with van der Waals surface area (Å²) >= 11 is 12.3. The van der Waals surface area contributed by atoms with Crippen molar-refractivity contribution in [2.45, 2.75) is 0 Å². The van der Waals surface area contributed by atoms with Gasteiger partial charge in [-0.3, -0.25) is 9.80 Å². The van der Waals surface area contributed by atoms with Crippen molar-refractivity contribution in [1.29, 1.82) is 0 Å². The number of halogens is 2. The molecule has 27 heavy (non-hydrogen) atoms. The Kier molecular flexibility index (Phi) is 6.08. The van der Waals surface area contributed by atoms with Gasteiger partial charge in [0.15, 0.2) is 0 Å². The number of anilines is 2. The lowest BCUT2D eigenvalue weighted by Gasteiger charge is -2.41. The summed E-state index contributed by atoms with van der Waals surface area (Å²) in [6.45, 7) is 9.69. The zero-order valence-corrected chi connectivity index (χ0v) is 17.0. The molecule has 0 aromatic heterocycles. The van der Waals surface area contributed by atoms with Crippen LogP contribution < -0.4 is 9.80 Å². The Balaban J connectivity index is 1.23. The summed E-state index contributed by atoms with van der Waals surface area (Å²) in [5.41, 5.74) is 2.47. The lowest BCUT2D eigenvalue weighted by molar-refractivity contribution is 0.120. The second kappa shape index (κ2) is 8.70. The molecule has 0 atom stereocenters. The fraction of sp³-hybridized carbons (Fsp3) is 0.429. The van der Waals surface area contributed by atoms with E-state index in [4.69, 9.17) is 23.2 Å². The van der Waals surface area contributed by atoms with Crippen LogP contribution in [0, 0.1) is 0 Å². The smallest absolute Gasteiger partial charge is 0.0509 e. The average Bonchev–Trinajstić information content (AvgIpc) is 2.69. The van der Waals surface area contributed by atoms with Gasteiger partial charge in [-0.25, -0.2) is 0 Å². The van der Waals surface area contributed by atoms with Crippen molar-refractivity contribution in [3.8, 4) is 0 Å². The van der Waals surface area contributed by atoms with Crippen LogP contribution in [-0.4, -0.2) is 68.8 Å². The third kappa shape index (κ3) is 4.88. The first-order valence-electron chi connectivity index (χ1n) is 9.63. The van der Waals surface area contributed by atoms with Gasteiger partial charge in [-0.15, -0.1) is 0 Å². The third-order valence-electron chi connectivity index (χ3n) is 5.49. The maximum Gasteiger partial charge on any atom is 0.0509 e. The SMILES string of the molecule is Clc1cccc(N2CCN(CN3CCN(c4cccc(Cl)c4)CC3)CC2)c1. The summed E-state index contributed by atoms with van der Waals surface area (Å²) < 4.78 is 0. The van der Waals surface area contributed by atoms with Crippen LogP contribution in [0.1, 0.15) is 0 Å². The minimum absolute atomic E-state index is 0.813. The monoisotopic (exact) mass is 404 g/mol. The molecule has 2 aliphatic heterocycles. The maximum absolute atomic E-state index is 6.13. The van der Waals surface area contributed by atoms with E-state index in [9.17, 15) is 0 Å². The van der Waals surface area contributed by atoms with Crippen molar-refractivity contribution < 1.29 is 0 Å². The lowest BCUT2D eigenvalue weighted by Crippen LogP contribution is -2.54. The van der Waals surface area contributed by atoms with Crippen LogP contribution in [-0.2, 0) is 0 Å². The Morgan fingerprint density at radius 1 is 0.593 bits per heavy atom. The minimum atomic E-state index is 0.813. The predicted molar refractivity (Wildman–Crippen MR) is 115 cm³/mol. The Morgan fingerprint density at radius 2 is 1.00 bits per heavy atom. The Morgan fingerprint density at radius 3 is 1.37 bits per heavy atom. The van der Waals surface area contributed by atoms with Gasteiger partial charge in [-0.2, -0.15) is 0 Å². The zero-order chi connectivity index (χ0) is 18.6. The molecule has 2 fully saturated rings. The zero-order valence-electron chi connectivity index (χ0n) is 15.5. The molecule has 0 amide bonds. The predicted octanol–water partition coefficient (Wildman–Crippen LogP) is 3.90. The number of hydrogen-bond acceptors (Lipinski definition) is 4. The van der Waals surface area contributed by atoms with Crippen molar-refractivity contribution in [1.82, 2.24) is 9.80 Å². The molecule has 2 heterocycles. The van der Waals surface area contributed by atoms with E-state index in [1.165, 1.54) is 11.4 Å². The van der Waals surface area contributed by atoms with Gasteiger partial charge in [-0.05, 0) is 36.4 Å². The van der Waals surface area contributed by atoms with Gasteiger partial charge < -0.3 is 9.80 Å². The van der Waals surface area contributed by atoms with Crippen LogP contribution in [0.15, 0.2) is 48.5 Å². The number of nitrogens with zero attached hydrogens (tertiary/aromatic N) is 4. The molecule has 0 N–H and O–H groups in total. The van der Waals surface area contributed by atoms with Crippen molar-refractivity contribution in [2.24, 2.45) is 0 Å². The van der Waals surface area contributed by atoms with Crippen LogP contribution in [0.5, 0.6) is 0 Å². The Hall–Kier alpha value is -1.46. The van der Waals surface area contributed by atoms with E-state index in [2.05, 4.69) is 43.9 Å². The molecule has 0 unspecified atom stereocenters. The highest BCUT2D eigenvalue weighted by molar-refractivity contribution is 6.31. The fourth-order valence-electron chi connectivity index (χ4n) is 3.92. The largest absolute Gasteiger partial charge is 0.369 e. The summed E-state index contributed by atoms with van der Waals surface area (Å²) in [6.07, 6.45) is 0. The normalized spacial score (nSPS) is 19.5. The summed E-state index contributed by atoms with van der Waals surface area (Å²) in [6, 6.07) is 16.4. The first-order valence-corrected chi connectivity index (χ1v) is 10.4.